The van der Waals surface area contributed by atoms with Crippen LogP contribution >= 0.6 is 11.3 Å². The Balaban J connectivity index is 1.79. The van der Waals surface area contributed by atoms with Crippen molar-refractivity contribution in [3.05, 3.63) is 70.7 Å². The summed E-state index contributed by atoms with van der Waals surface area (Å²) >= 11 is 1.30. The van der Waals surface area contributed by atoms with Crippen molar-refractivity contribution in [2.75, 3.05) is 5.32 Å². The van der Waals surface area contributed by atoms with Gasteiger partial charge in [-0.1, -0.05) is 47.7 Å². The number of anilines is 1. The van der Waals surface area contributed by atoms with Gasteiger partial charge in [0.25, 0.3) is 0 Å². The van der Waals surface area contributed by atoms with Crippen molar-refractivity contribution in [2.45, 2.75) is 19.3 Å². The summed E-state index contributed by atoms with van der Waals surface area (Å²) in [7, 11) is 0. The molecule has 0 spiro atoms. The van der Waals surface area contributed by atoms with Crippen LogP contribution in [0.2, 0.25) is 0 Å². The van der Waals surface area contributed by atoms with Gasteiger partial charge in [0.05, 0.1) is 5.41 Å². The highest BCUT2D eigenvalue weighted by Crippen LogP contribution is 2.52. The van der Waals surface area contributed by atoms with E-state index in [-0.39, 0.29) is 17.6 Å². The predicted octanol–water partition coefficient (Wildman–Crippen LogP) is 3.58. The molecule has 1 amide bonds. The van der Waals surface area contributed by atoms with E-state index < -0.39 is 5.41 Å². The lowest BCUT2D eigenvalue weighted by Crippen LogP contribution is -2.37. The molecule has 0 saturated carbocycles. The van der Waals surface area contributed by atoms with Crippen LogP contribution in [-0.4, -0.2) is 21.2 Å². The van der Waals surface area contributed by atoms with E-state index in [9.17, 15) is 9.90 Å². The van der Waals surface area contributed by atoms with Crippen molar-refractivity contribution in [3.63, 3.8) is 0 Å². The standard InChI is InChI=1S/C19H17N3O2S/c1-19(17(24)21-18-22-20-11-25-18)10-13-7-8-14(23)9-15(13)16(19)12-5-3-2-4-6-12/h2-9,11,16,23H,10H2,1H3,(H,21,22,24)/t16-,19+/m1/s1. The molecule has 2 N–H and O–H groups in total. The molecule has 1 aliphatic rings. The number of phenolic OH excluding ortho intramolecular Hbond substituents is 1. The lowest BCUT2D eigenvalue weighted by Gasteiger charge is -2.30. The molecule has 0 unspecified atom stereocenters. The Morgan fingerprint density at radius 2 is 2.08 bits per heavy atom. The summed E-state index contributed by atoms with van der Waals surface area (Å²) in [5, 5.41) is 21.0. The van der Waals surface area contributed by atoms with Crippen LogP contribution in [0.5, 0.6) is 5.75 Å². The van der Waals surface area contributed by atoms with Gasteiger partial charge in [0, 0.05) is 5.92 Å². The fourth-order valence-corrected chi connectivity index (χ4v) is 4.16. The fourth-order valence-electron chi connectivity index (χ4n) is 3.72. The minimum atomic E-state index is -0.677. The van der Waals surface area contributed by atoms with Crippen molar-refractivity contribution in [1.82, 2.24) is 10.2 Å². The molecule has 0 aliphatic heterocycles. The summed E-state index contributed by atoms with van der Waals surface area (Å²) in [6.45, 7) is 1.97. The first-order valence-electron chi connectivity index (χ1n) is 8.02. The summed E-state index contributed by atoms with van der Waals surface area (Å²) in [5.41, 5.74) is 4.06. The maximum Gasteiger partial charge on any atom is 0.233 e. The molecule has 4 rings (SSSR count). The minimum absolute atomic E-state index is 0.0891. The maximum atomic E-state index is 13.1. The smallest absolute Gasteiger partial charge is 0.233 e. The summed E-state index contributed by atoms with van der Waals surface area (Å²) in [4.78, 5) is 13.1. The van der Waals surface area contributed by atoms with Crippen molar-refractivity contribution < 1.29 is 9.90 Å². The number of aromatic hydroxyl groups is 1. The normalized spacial score (nSPS) is 21.7. The van der Waals surface area contributed by atoms with E-state index in [1.54, 1.807) is 17.6 Å². The van der Waals surface area contributed by atoms with Gasteiger partial charge in [-0.05, 0) is 42.2 Å². The molecule has 1 heterocycles. The quantitative estimate of drug-likeness (QED) is 0.756. The third kappa shape index (κ3) is 2.68. The van der Waals surface area contributed by atoms with Crippen molar-refractivity contribution >= 4 is 22.4 Å². The molecule has 25 heavy (non-hydrogen) atoms. The maximum absolute atomic E-state index is 13.1. The molecule has 0 saturated heterocycles. The summed E-state index contributed by atoms with van der Waals surface area (Å²) in [6.07, 6.45) is 0.604. The number of hydrogen-bond donors (Lipinski definition) is 2. The molecule has 0 bridgehead atoms. The Bertz CT molecular complexity index is 912. The summed E-state index contributed by atoms with van der Waals surface area (Å²) in [6, 6.07) is 15.3. The van der Waals surface area contributed by atoms with Crippen molar-refractivity contribution in [1.29, 1.82) is 0 Å². The molecule has 6 heteroatoms. The van der Waals surface area contributed by atoms with Crippen LogP contribution in [0.25, 0.3) is 0 Å². The molecular formula is C19H17N3O2S. The lowest BCUT2D eigenvalue weighted by molar-refractivity contribution is -0.125. The second-order valence-electron chi connectivity index (χ2n) is 6.52. The zero-order valence-corrected chi connectivity index (χ0v) is 14.5. The summed E-state index contributed by atoms with van der Waals surface area (Å²) < 4.78 is 0. The van der Waals surface area contributed by atoms with Crippen LogP contribution in [0.15, 0.2) is 54.0 Å². The van der Waals surface area contributed by atoms with E-state index in [1.807, 2.05) is 43.3 Å². The number of rotatable bonds is 3. The zero-order chi connectivity index (χ0) is 17.4. The molecule has 0 fully saturated rings. The number of nitrogens with one attached hydrogen (secondary N) is 1. The summed E-state index contributed by atoms with van der Waals surface area (Å²) in [5.74, 6) is -0.00835. The Kier molecular flexibility index (Phi) is 3.77. The van der Waals surface area contributed by atoms with Gasteiger partial charge in [-0.3, -0.25) is 4.79 Å². The Labute approximate surface area is 149 Å². The van der Waals surface area contributed by atoms with Gasteiger partial charge in [0.15, 0.2) is 0 Å². The molecular weight excluding hydrogens is 334 g/mol. The van der Waals surface area contributed by atoms with Gasteiger partial charge >= 0.3 is 0 Å². The first kappa shape index (κ1) is 15.8. The number of amides is 1. The lowest BCUT2D eigenvalue weighted by atomic mass is 9.73. The minimum Gasteiger partial charge on any atom is -0.508 e. The van der Waals surface area contributed by atoms with E-state index in [0.717, 1.165) is 16.7 Å². The second kappa shape index (κ2) is 5.97. The van der Waals surface area contributed by atoms with Crippen molar-refractivity contribution in [2.24, 2.45) is 5.41 Å². The number of phenols is 1. The number of carbonyl (C=O) groups excluding carboxylic acids is 1. The average Bonchev–Trinajstić information content (AvgIpc) is 3.21. The number of aromatic nitrogens is 2. The molecule has 2 aromatic carbocycles. The van der Waals surface area contributed by atoms with Gasteiger partial charge < -0.3 is 10.4 Å². The highest BCUT2D eigenvalue weighted by atomic mass is 32.1. The number of carbonyl (C=O) groups is 1. The number of nitrogens with zero attached hydrogens (tertiary/aromatic N) is 2. The monoisotopic (exact) mass is 351 g/mol. The van der Waals surface area contributed by atoms with Crippen LogP contribution < -0.4 is 5.32 Å². The van der Waals surface area contributed by atoms with Gasteiger partial charge in [0.2, 0.25) is 11.0 Å². The van der Waals surface area contributed by atoms with E-state index in [0.29, 0.717) is 11.6 Å². The van der Waals surface area contributed by atoms with Crippen LogP contribution in [0.1, 0.15) is 29.5 Å². The molecule has 126 valence electrons. The van der Waals surface area contributed by atoms with Gasteiger partial charge in [-0.2, -0.15) is 0 Å². The SMILES string of the molecule is C[C@]1(C(=O)Nc2nncs2)Cc2ccc(O)cc2[C@H]1c1ccccc1. The van der Waals surface area contributed by atoms with Crippen LogP contribution in [-0.2, 0) is 11.2 Å². The number of benzene rings is 2. The third-order valence-electron chi connectivity index (χ3n) is 4.87. The van der Waals surface area contributed by atoms with E-state index in [4.69, 9.17) is 0 Å². The average molecular weight is 351 g/mol. The predicted molar refractivity (Wildman–Crippen MR) is 96.7 cm³/mol. The van der Waals surface area contributed by atoms with Gasteiger partial charge in [-0.15, -0.1) is 10.2 Å². The highest BCUT2D eigenvalue weighted by Gasteiger charge is 2.49. The van der Waals surface area contributed by atoms with Crippen LogP contribution in [0.4, 0.5) is 5.13 Å². The second-order valence-corrected chi connectivity index (χ2v) is 7.35. The van der Waals surface area contributed by atoms with E-state index in [1.165, 1.54) is 11.3 Å². The first-order chi connectivity index (χ1) is 12.1. The van der Waals surface area contributed by atoms with Crippen LogP contribution in [0.3, 0.4) is 0 Å². The number of hydrogen-bond acceptors (Lipinski definition) is 5. The number of fused-ring (bicyclic) bond motifs is 1. The largest absolute Gasteiger partial charge is 0.508 e. The highest BCUT2D eigenvalue weighted by molar-refractivity contribution is 7.13. The molecule has 3 aromatic rings. The fraction of sp³-hybridized carbons (Fsp3) is 0.211. The van der Waals surface area contributed by atoms with E-state index in [2.05, 4.69) is 15.5 Å². The Morgan fingerprint density at radius 3 is 2.80 bits per heavy atom. The van der Waals surface area contributed by atoms with Gasteiger partial charge in [-0.25, -0.2) is 0 Å². The first-order valence-corrected chi connectivity index (χ1v) is 8.90. The Morgan fingerprint density at radius 1 is 1.28 bits per heavy atom. The molecule has 1 aliphatic carbocycles. The Hall–Kier alpha value is -2.73. The molecule has 2 atom stereocenters. The third-order valence-corrected chi connectivity index (χ3v) is 5.47. The molecule has 1 aromatic heterocycles. The van der Waals surface area contributed by atoms with Gasteiger partial charge in [0.1, 0.15) is 11.3 Å². The van der Waals surface area contributed by atoms with E-state index >= 15 is 0 Å². The molecule has 5 nitrogen and oxygen atoms in total. The van der Waals surface area contributed by atoms with Crippen LogP contribution in [0, 0.1) is 5.41 Å². The molecule has 0 radical (unpaired) electrons. The zero-order valence-electron chi connectivity index (χ0n) is 13.6. The van der Waals surface area contributed by atoms with Crippen molar-refractivity contribution in [3.8, 4) is 5.75 Å². The topological polar surface area (TPSA) is 75.1 Å².